The van der Waals surface area contributed by atoms with E-state index >= 15 is 0 Å². The summed E-state index contributed by atoms with van der Waals surface area (Å²) >= 11 is 0. The Balaban J connectivity index is 2.92. The fraction of sp³-hybridized carbons (Fsp3) is 0.818. The maximum Gasteiger partial charge on any atom is 0.0983 e. The summed E-state index contributed by atoms with van der Waals surface area (Å²) in [7, 11) is 0. The second-order valence-electron chi connectivity index (χ2n) is 4.85. The van der Waals surface area contributed by atoms with Crippen molar-refractivity contribution < 1.29 is 4.74 Å². The van der Waals surface area contributed by atoms with Crippen LogP contribution in [0.2, 0.25) is 0 Å². The molecule has 1 rings (SSSR count). The quantitative estimate of drug-likeness (QED) is 0.583. The van der Waals surface area contributed by atoms with Gasteiger partial charge in [-0.15, -0.1) is 0 Å². The summed E-state index contributed by atoms with van der Waals surface area (Å²) in [6.45, 7) is 12.1. The highest BCUT2D eigenvalue weighted by atomic mass is 16.5. The van der Waals surface area contributed by atoms with Crippen LogP contribution in [0.4, 0.5) is 0 Å². The van der Waals surface area contributed by atoms with E-state index in [-0.39, 0.29) is 5.41 Å². The van der Waals surface area contributed by atoms with Gasteiger partial charge < -0.3 is 4.74 Å². The van der Waals surface area contributed by atoms with Crippen LogP contribution in [0.15, 0.2) is 11.3 Å². The molecule has 0 bridgehead atoms. The molecule has 0 saturated carbocycles. The van der Waals surface area contributed by atoms with Gasteiger partial charge in [-0.3, -0.25) is 0 Å². The minimum Gasteiger partial charge on any atom is -0.497 e. The lowest BCUT2D eigenvalue weighted by Gasteiger charge is -2.22. The molecule has 70 valence electrons. The van der Waals surface area contributed by atoms with Gasteiger partial charge in [-0.05, 0) is 11.0 Å². The lowest BCUT2D eigenvalue weighted by molar-refractivity contribution is 0.215. The average Bonchev–Trinajstić information content (AvgIpc) is 2.30. The van der Waals surface area contributed by atoms with Crippen LogP contribution in [0, 0.1) is 11.3 Å². The summed E-state index contributed by atoms with van der Waals surface area (Å²) in [5.74, 6) is 1.78. The SMILES string of the molecule is CC(C)C1=C(C(C)(C)C)CCO1. The third kappa shape index (κ3) is 1.82. The number of rotatable bonds is 1. The van der Waals surface area contributed by atoms with Gasteiger partial charge in [0.15, 0.2) is 0 Å². The molecule has 1 heterocycles. The van der Waals surface area contributed by atoms with E-state index in [1.807, 2.05) is 0 Å². The number of hydrogen-bond acceptors (Lipinski definition) is 1. The average molecular weight is 168 g/mol. The number of ether oxygens (including phenoxy) is 1. The van der Waals surface area contributed by atoms with Crippen LogP contribution in [0.1, 0.15) is 41.0 Å². The van der Waals surface area contributed by atoms with Gasteiger partial charge in [-0.1, -0.05) is 34.6 Å². The summed E-state index contributed by atoms with van der Waals surface area (Å²) in [4.78, 5) is 0. The van der Waals surface area contributed by atoms with Crippen molar-refractivity contribution in [2.75, 3.05) is 6.61 Å². The van der Waals surface area contributed by atoms with Crippen molar-refractivity contribution in [2.24, 2.45) is 11.3 Å². The van der Waals surface area contributed by atoms with Crippen LogP contribution in [-0.4, -0.2) is 6.61 Å². The molecule has 1 aliphatic heterocycles. The Bertz CT molecular complexity index is 194. The van der Waals surface area contributed by atoms with Crippen molar-refractivity contribution in [1.82, 2.24) is 0 Å². The molecule has 12 heavy (non-hydrogen) atoms. The second kappa shape index (κ2) is 3.12. The predicted molar refractivity (Wildman–Crippen MR) is 51.9 cm³/mol. The van der Waals surface area contributed by atoms with Gasteiger partial charge in [0.2, 0.25) is 0 Å². The monoisotopic (exact) mass is 168 g/mol. The van der Waals surface area contributed by atoms with Crippen LogP contribution in [0.25, 0.3) is 0 Å². The van der Waals surface area contributed by atoms with E-state index in [1.54, 1.807) is 0 Å². The predicted octanol–water partition coefficient (Wildman–Crippen LogP) is 3.36. The van der Waals surface area contributed by atoms with Gasteiger partial charge in [0, 0.05) is 12.3 Å². The van der Waals surface area contributed by atoms with Crippen LogP contribution in [-0.2, 0) is 4.74 Å². The molecular weight excluding hydrogens is 148 g/mol. The lowest BCUT2D eigenvalue weighted by Crippen LogP contribution is -2.11. The summed E-state index contributed by atoms with van der Waals surface area (Å²) in [5, 5.41) is 0. The van der Waals surface area contributed by atoms with Crippen molar-refractivity contribution in [3.05, 3.63) is 11.3 Å². The van der Waals surface area contributed by atoms with Gasteiger partial charge in [0.1, 0.15) is 0 Å². The van der Waals surface area contributed by atoms with E-state index in [0.29, 0.717) is 5.92 Å². The molecule has 1 aliphatic rings. The molecule has 1 heteroatoms. The first kappa shape index (κ1) is 9.63. The summed E-state index contributed by atoms with van der Waals surface area (Å²) < 4.78 is 5.63. The molecule has 0 amide bonds. The molecule has 0 aromatic rings. The van der Waals surface area contributed by atoms with Gasteiger partial charge in [0.05, 0.1) is 12.4 Å². The third-order valence-corrected chi connectivity index (χ3v) is 2.34. The Kier molecular flexibility index (Phi) is 2.50. The highest BCUT2D eigenvalue weighted by molar-refractivity contribution is 5.20. The maximum absolute atomic E-state index is 5.63. The normalized spacial score (nSPS) is 18.8. The first-order valence-corrected chi connectivity index (χ1v) is 4.79. The van der Waals surface area contributed by atoms with E-state index in [1.165, 1.54) is 11.3 Å². The summed E-state index contributed by atoms with van der Waals surface area (Å²) in [6.07, 6.45) is 1.12. The highest BCUT2D eigenvalue weighted by Gasteiger charge is 2.27. The fourth-order valence-electron chi connectivity index (χ4n) is 1.73. The van der Waals surface area contributed by atoms with Crippen LogP contribution < -0.4 is 0 Å². The zero-order valence-electron chi connectivity index (χ0n) is 8.90. The molecule has 0 N–H and O–H groups in total. The largest absolute Gasteiger partial charge is 0.497 e. The van der Waals surface area contributed by atoms with Crippen molar-refractivity contribution in [2.45, 2.75) is 41.0 Å². The molecule has 0 spiro atoms. The Hall–Kier alpha value is -0.460. The minimum atomic E-state index is 0.288. The third-order valence-electron chi connectivity index (χ3n) is 2.34. The molecule has 0 aromatic heterocycles. The Morgan fingerprint density at radius 2 is 1.83 bits per heavy atom. The van der Waals surface area contributed by atoms with Gasteiger partial charge >= 0.3 is 0 Å². The highest BCUT2D eigenvalue weighted by Crippen LogP contribution is 2.37. The molecule has 1 nitrogen and oxygen atoms in total. The zero-order valence-corrected chi connectivity index (χ0v) is 8.90. The smallest absolute Gasteiger partial charge is 0.0983 e. The molecule has 0 fully saturated rings. The molecule has 0 atom stereocenters. The number of allylic oxidation sites excluding steroid dienone is 1. The van der Waals surface area contributed by atoms with Crippen LogP contribution >= 0.6 is 0 Å². The molecule has 0 unspecified atom stereocenters. The fourth-order valence-corrected chi connectivity index (χ4v) is 1.73. The van der Waals surface area contributed by atoms with Crippen molar-refractivity contribution in [3.8, 4) is 0 Å². The molecule has 0 radical (unpaired) electrons. The summed E-state index contributed by atoms with van der Waals surface area (Å²) in [6, 6.07) is 0. The van der Waals surface area contributed by atoms with E-state index < -0.39 is 0 Å². The van der Waals surface area contributed by atoms with Crippen molar-refractivity contribution in [3.63, 3.8) is 0 Å². The molecule has 0 aromatic carbocycles. The van der Waals surface area contributed by atoms with Gasteiger partial charge in [-0.25, -0.2) is 0 Å². The van der Waals surface area contributed by atoms with Crippen molar-refractivity contribution in [1.29, 1.82) is 0 Å². The first-order valence-electron chi connectivity index (χ1n) is 4.79. The first-order chi connectivity index (χ1) is 5.43. The van der Waals surface area contributed by atoms with Crippen LogP contribution in [0.3, 0.4) is 0 Å². The van der Waals surface area contributed by atoms with Gasteiger partial charge in [-0.2, -0.15) is 0 Å². The lowest BCUT2D eigenvalue weighted by atomic mass is 9.83. The second-order valence-corrected chi connectivity index (χ2v) is 4.85. The molecule has 0 saturated heterocycles. The van der Waals surface area contributed by atoms with E-state index in [9.17, 15) is 0 Å². The zero-order chi connectivity index (χ0) is 9.35. The van der Waals surface area contributed by atoms with Gasteiger partial charge in [0.25, 0.3) is 0 Å². The molecule has 0 aliphatic carbocycles. The van der Waals surface area contributed by atoms with E-state index in [2.05, 4.69) is 34.6 Å². The summed E-state index contributed by atoms with van der Waals surface area (Å²) in [5.41, 5.74) is 1.80. The Morgan fingerprint density at radius 3 is 2.17 bits per heavy atom. The Labute approximate surface area is 75.8 Å². The van der Waals surface area contributed by atoms with Crippen molar-refractivity contribution >= 4 is 0 Å². The Morgan fingerprint density at radius 1 is 1.25 bits per heavy atom. The van der Waals surface area contributed by atoms with E-state index in [0.717, 1.165) is 13.0 Å². The van der Waals surface area contributed by atoms with Crippen LogP contribution in [0.5, 0.6) is 0 Å². The number of hydrogen-bond donors (Lipinski definition) is 0. The van der Waals surface area contributed by atoms with E-state index in [4.69, 9.17) is 4.74 Å². The molecular formula is C11H20O. The maximum atomic E-state index is 5.63. The standard InChI is InChI=1S/C11H20O/c1-8(2)10-9(6-7-12-10)11(3,4)5/h8H,6-7H2,1-5H3. The minimum absolute atomic E-state index is 0.288. The topological polar surface area (TPSA) is 9.23 Å².